The van der Waals surface area contributed by atoms with Gasteiger partial charge in [0.15, 0.2) is 5.41 Å². The van der Waals surface area contributed by atoms with Gasteiger partial charge >= 0.3 is 82.2 Å². The maximum Gasteiger partial charge on any atom is 1.00 e. The molecule has 0 saturated heterocycles. The fourth-order valence-corrected chi connectivity index (χ4v) is 1.74. The normalized spacial score (nSPS) is 10.4. The Bertz CT molecular complexity index is 239. The standard InChI is InChI=1S/C11H20O4.K.Li.2H/c1-4-5-6-7-11(8(2)3,9(12)13)10(14)15;;;;/h8H,4-7H2,1-3H3,(H,12,13)(H,14,15);;;;/q;2*+1;2*-1. The second-order valence-corrected chi connectivity index (χ2v) is 4.19. The van der Waals surface area contributed by atoms with E-state index in [9.17, 15) is 9.59 Å². The van der Waals surface area contributed by atoms with Gasteiger partial charge in [-0.2, -0.15) is 0 Å². The molecule has 92 valence electrons. The smallest absolute Gasteiger partial charge is 1.00 e. The van der Waals surface area contributed by atoms with Crippen molar-refractivity contribution in [3.05, 3.63) is 0 Å². The zero-order valence-corrected chi connectivity index (χ0v) is 14.7. The third-order valence-electron chi connectivity index (χ3n) is 2.92. The summed E-state index contributed by atoms with van der Waals surface area (Å²) in [6, 6.07) is 0. The largest absolute Gasteiger partial charge is 1.00 e. The van der Waals surface area contributed by atoms with Crippen LogP contribution in [0.4, 0.5) is 0 Å². The van der Waals surface area contributed by atoms with Gasteiger partial charge in [-0.25, -0.2) is 0 Å². The van der Waals surface area contributed by atoms with Gasteiger partial charge in [-0.1, -0.05) is 40.0 Å². The van der Waals surface area contributed by atoms with Crippen LogP contribution in [0.2, 0.25) is 0 Å². The molecule has 0 heterocycles. The molecular formula is C11H22KLiO4. The Kier molecular flexibility index (Phi) is 15.1. The first-order valence-electron chi connectivity index (χ1n) is 5.36. The summed E-state index contributed by atoms with van der Waals surface area (Å²) in [5.74, 6) is -2.84. The van der Waals surface area contributed by atoms with Crippen LogP contribution in [0.15, 0.2) is 0 Å². The Morgan fingerprint density at radius 1 is 1.18 bits per heavy atom. The second-order valence-electron chi connectivity index (χ2n) is 4.19. The number of carboxylic acids is 2. The van der Waals surface area contributed by atoms with Gasteiger partial charge < -0.3 is 13.1 Å². The van der Waals surface area contributed by atoms with Crippen molar-refractivity contribution in [2.45, 2.75) is 46.5 Å². The molecule has 17 heavy (non-hydrogen) atoms. The predicted molar refractivity (Wildman–Crippen MR) is 58.9 cm³/mol. The van der Waals surface area contributed by atoms with Gasteiger partial charge in [-0.05, 0) is 12.3 Å². The molecule has 0 bridgehead atoms. The van der Waals surface area contributed by atoms with Gasteiger partial charge in [-0.15, -0.1) is 0 Å². The van der Waals surface area contributed by atoms with Gasteiger partial charge in [0.05, 0.1) is 0 Å². The maximum absolute atomic E-state index is 11.1. The number of carbonyl (C=O) groups is 2. The van der Waals surface area contributed by atoms with Crippen molar-refractivity contribution in [2.24, 2.45) is 11.3 Å². The van der Waals surface area contributed by atoms with Crippen molar-refractivity contribution in [1.29, 1.82) is 0 Å². The van der Waals surface area contributed by atoms with E-state index in [1.165, 1.54) is 0 Å². The molecule has 0 radical (unpaired) electrons. The molecule has 0 atom stereocenters. The summed E-state index contributed by atoms with van der Waals surface area (Å²) in [7, 11) is 0. The predicted octanol–water partition coefficient (Wildman–Crippen LogP) is -3.39. The molecule has 2 N–H and O–H groups in total. The number of hydrogen-bond donors (Lipinski definition) is 2. The van der Waals surface area contributed by atoms with E-state index in [0.717, 1.165) is 12.8 Å². The van der Waals surface area contributed by atoms with Crippen LogP contribution in [0, 0.1) is 11.3 Å². The van der Waals surface area contributed by atoms with Crippen molar-refractivity contribution in [3.8, 4) is 0 Å². The average molecular weight is 264 g/mol. The summed E-state index contributed by atoms with van der Waals surface area (Å²) in [6.07, 6.45) is 2.68. The molecule has 6 heteroatoms. The van der Waals surface area contributed by atoms with E-state index < -0.39 is 23.3 Å². The summed E-state index contributed by atoms with van der Waals surface area (Å²) >= 11 is 0. The Balaban J connectivity index is -0.000000163. The molecule has 0 unspecified atom stereocenters. The third-order valence-corrected chi connectivity index (χ3v) is 2.92. The minimum atomic E-state index is -1.62. The van der Waals surface area contributed by atoms with Gasteiger partial charge in [0.25, 0.3) is 0 Å². The number of unbranched alkanes of at least 4 members (excludes halogenated alkanes) is 2. The molecule has 0 amide bonds. The molecule has 0 saturated carbocycles. The van der Waals surface area contributed by atoms with E-state index >= 15 is 0 Å². The molecule has 0 aliphatic carbocycles. The Morgan fingerprint density at radius 3 is 1.82 bits per heavy atom. The Labute approximate surface area is 160 Å². The zero-order chi connectivity index (χ0) is 12.1. The minimum absolute atomic E-state index is 0. The molecule has 0 rings (SSSR count). The fraction of sp³-hybridized carbons (Fsp3) is 0.818. The van der Waals surface area contributed by atoms with Crippen LogP contribution in [0.25, 0.3) is 0 Å². The van der Waals surface area contributed by atoms with Crippen LogP contribution in [-0.2, 0) is 9.59 Å². The van der Waals surface area contributed by atoms with Gasteiger partial charge in [0, 0.05) is 0 Å². The summed E-state index contributed by atoms with van der Waals surface area (Å²) < 4.78 is 0. The minimum Gasteiger partial charge on any atom is -1.00 e. The van der Waals surface area contributed by atoms with Crippen molar-refractivity contribution in [2.75, 3.05) is 0 Å². The SMILES string of the molecule is CCCCCC(C(=O)O)(C(=O)O)C(C)C.[H-].[H-].[K+].[Li+]. The van der Waals surface area contributed by atoms with Crippen LogP contribution < -0.4 is 70.2 Å². The van der Waals surface area contributed by atoms with E-state index in [2.05, 4.69) is 0 Å². The molecular weight excluding hydrogens is 242 g/mol. The quantitative estimate of drug-likeness (QED) is 0.286. The number of hydrogen-bond acceptors (Lipinski definition) is 2. The van der Waals surface area contributed by atoms with Crippen LogP contribution in [-0.4, -0.2) is 22.2 Å². The van der Waals surface area contributed by atoms with Gasteiger partial charge in [-0.3, -0.25) is 9.59 Å². The second kappa shape index (κ2) is 11.0. The maximum atomic E-state index is 11.1. The van der Waals surface area contributed by atoms with Crippen LogP contribution in [0.1, 0.15) is 49.3 Å². The fourth-order valence-electron chi connectivity index (χ4n) is 1.74. The number of carboxylic acid groups (broad SMARTS) is 2. The summed E-state index contributed by atoms with van der Waals surface area (Å²) in [5.41, 5.74) is -1.62. The van der Waals surface area contributed by atoms with Crippen molar-refractivity contribution in [3.63, 3.8) is 0 Å². The first kappa shape index (κ1) is 23.3. The number of aliphatic carboxylic acids is 2. The van der Waals surface area contributed by atoms with E-state index in [1.807, 2.05) is 6.92 Å². The average Bonchev–Trinajstić information content (AvgIpc) is 2.10. The number of rotatable bonds is 7. The van der Waals surface area contributed by atoms with Gasteiger partial charge in [0.2, 0.25) is 0 Å². The molecule has 4 nitrogen and oxygen atoms in total. The zero-order valence-electron chi connectivity index (χ0n) is 13.6. The van der Waals surface area contributed by atoms with Crippen molar-refractivity contribution >= 4 is 11.9 Å². The van der Waals surface area contributed by atoms with E-state index in [0.29, 0.717) is 6.42 Å². The van der Waals surface area contributed by atoms with Crippen LogP contribution in [0.5, 0.6) is 0 Å². The van der Waals surface area contributed by atoms with Crippen molar-refractivity contribution in [1.82, 2.24) is 0 Å². The summed E-state index contributed by atoms with van der Waals surface area (Å²) in [5, 5.41) is 18.2. The molecule has 0 aliphatic rings. The van der Waals surface area contributed by atoms with Crippen molar-refractivity contribution < 1.29 is 92.9 Å². The molecule has 0 aromatic heterocycles. The summed E-state index contributed by atoms with van der Waals surface area (Å²) in [6.45, 7) is 5.29. The topological polar surface area (TPSA) is 74.6 Å². The first-order valence-corrected chi connectivity index (χ1v) is 5.36. The van der Waals surface area contributed by atoms with Crippen LogP contribution in [0.3, 0.4) is 0 Å². The Hall–Kier alpha value is 1.17. The molecule has 0 aromatic carbocycles. The third kappa shape index (κ3) is 6.24. The molecule has 0 aliphatic heterocycles. The van der Waals surface area contributed by atoms with Crippen LogP contribution >= 0.6 is 0 Å². The molecule has 0 aromatic rings. The monoisotopic (exact) mass is 264 g/mol. The van der Waals surface area contributed by atoms with E-state index in [1.54, 1.807) is 13.8 Å². The molecule has 0 spiro atoms. The Morgan fingerprint density at radius 2 is 1.59 bits per heavy atom. The van der Waals surface area contributed by atoms with Gasteiger partial charge in [0.1, 0.15) is 0 Å². The molecule has 0 fully saturated rings. The first-order chi connectivity index (χ1) is 6.89. The van der Waals surface area contributed by atoms with E-state index in [-0.39, 0.29) is 79.5 Å². The summed E-state index contributed by atoms with van der Waals surface area (Å²) in [4.78, 5) is 22.2. The van der Waals surface area contributed by atoms with E-state index in [4.69, 9.17) is 10.2 Å².